The van der Waals surface area contributed by atoms with Crippen molar-refractivity contribution in [3.8, 4) is 0 Å². The highest BCUT2D eigenvalue weighted by Crippen LogP contribution is 2.33. The van der Waals surface area contributed by atoms with Gasteiger partial charge in [-0.2, -0.15) is 13.2 Å². The molecule has 2 rings (SSSR count). The van der Waals surface area contributed by atoms with Crippen LogP contribution < -0.4 is 10.9 Å². The predicted molar refractivity (Wildman–Crippen MR) is 74.0 cm³/mol. The molecule has 1 aliphatic heterocycles. The fourth-order valence-corrected chi connectivity index (χ4v) is 2.08. The van der Waals surface area contributed by atoms with Gasteiger partial charge in [-0.25, -0.2) is 0 Å². The fourth-order valence-electron chi connectivity index (χ4n) is 1.91. The molecular weight excluding hydrogens is 291 g/mol. The summed E-state index contributed by atoms with van der Waals surface area (Å²) in [6.07, 6.45) is -0.442. The number of hydrazine groups is 1. The minimum absolute atomic E-state index is 0.188. The summed E-state index contributed by atoms with van der Waals surface area (Å²) in [4.78, 5) is 4.32. The highest BCUT2D eigenvalue weighted by atomic mass is 35.5. The van der Waals surface area contributed by atoms with Crippen molar-refractivity contribution >= 4 is 23.1 Å². The number of hydrogen-bond donors (Lipinski definition) is 2. The Bertz CT molecular complexity index is 500. The van der Waals surface area contributed by atoms with Gasteiger partial charge in [-0.3, -0.25) is 15.8 Å². The molecule has 110 valence electrons. The fraction of sp³-hybridized carbons (Fsp3) is 0.462. The number of benzene rings is 1. The summed E-state index contributed by atoms with van der Waals surface area (Å²) in [7, 11) is 0. The SMILES string of the molecule is FC(F)(F)c1ccc(Cl)c(NNC2=NCCCCC2)c1. The second-order valence-corrected chi connectivity index (χ2v) is 4.99. The summed E-state index contributed by atoms with van der Waals surface area (Å²) in [5.41, 5.74) is 5.00. The lowest BCUT2D eigenvalue weighted by molar-refractivity contribution is -0.137. The molecule has 0 unspecified atom stereocenters. The molecule has 0 radical (unpaired) electrons. The number of aliphatic imine (C=N–C) groups is 1. The van der Waals surface area contributed by atoms with E-state index < -0.39 is 11.7 Å². The maximum Gasteiger partial charge on any atom is 0.416 e. The van der Waals surface area contributed by atoms with E-state index in [2.05, 4.69) is 15.8 Å². The van der Waals surface area contributed by atoms with E-state index in [4.69, 9.17) is 11.6 Å². The van der Waals surface area contributed by atoms with Gasteiger partial charge in [0.05, 0.1) is 16.3 Å². The first-order valence-corrected chi connectivity index (χ1v) is 6.77. The Kier molecular flexibility index (Phi) is 4.75. The van der Waals surface area contributed by atoms with Gasteiger partial charge < -0.3 is 0 Å². The normalized spacial score (nSPS) is 16.3. The first-order chi connectivity index (χ1) is 9.47. The molecule has 3 nitrogen and oxygen atoms in total. The van der Waals surface area contributed by atoms with E-state index in [9.17, 15) is 13.2 Å². The maximum atomic E-state index is 12.6. The van der Waals surface area contributed by atoms with E-state index in [1.165, 1.54) is 6.07 Å². The van der Waals surface area contributed by atoms with Crippen LogP contribution in [0.25, 0.3) is 0 Å². The summed E-state index contributed by atoms with van der Waals surface area (Å²) in [6.45, 7) is 0.736. The average molecular weight is 306 g/mol. The van der Waals surface area contributed by atoms with Crippen LogP contribution in [0.2, 0.25) is 5.02 Å². The van der Waals surface area contributed by atoms with Gasteiger partial charge in [0.2, 0.25) is 0 Å². The Hall–Kier alpha value is -1.43. The molecule has 0 saturated carbocycles. The third-order valence-corrected chi connectivity index (χ3v) is 3.34. The largest absolute Gasteiger partial charge is 0.416 e. The molecule has 1 aromatic carbocycles. The minimum Gasteiger partial charge on any atom is -0.298 e. The predicted octanol–water partition coefficient (Wildman–Crippen LogP) is 4.25. The molecule has 0 aromatic heterocycles. The van der Waals surface area contributed by atoms with Crippen molar-refractivity contribution in [1.29, 1.82) is 0 Å². The molecule has 0 saturated heterocycles. The molecule has 1 aliphatic rings. The molecule has 20 heavy (non-hydrogen) atoms. The highest BCUT2D eigenvalue weighted by molar-refractivity contribution is 6.33. The lowest BCUT2D eigenvalue weighted by Gasteiger charge is -2.14. The van der Waals surface area contributed by atoms with Crippen LogP contribution in [-0.2, 0) is 6.18 Å². The Labute approximate surface area is 120 Å². The Morgan fingerprint density at radius 2 is 1.90 bits per heavy atom. The van der Waals surface area contributed by atoms with Crippen LogP contribution in [0.5, 0.6) is 0 Å². The molecule has 7 heteroatoms. The number of halogens is 4. The number of amidine groups is 1. The molecular formula is C13H15ClF3N3. The van der Waals surface area contributed by atoms with Crippen LogP contribution in [0, 0.1) is 0 Å². The van der Waals surface area contributed by atoms with Crippen LogP contribution in [0.1, 0.15) is 31.2 Å². The van der Waals surface area contributed by atoms with E-state index in [0.717, 1.165) is 50.2 Å². The van der Waals surface area contributed by atoms with Gasteiger partial charge in [0.25, 0.3) is 0 Å². The van der Waals surface area contributed by atoms with Crippen LogP contribution in [0.3, 0.4) is 0 Å². The number of nitrogens with zero attached hydrogens (tertiary/aromatic N) is 1. The lowest BCUT2D eigenvalue weighted by Crippen LogP contribution is -2.29. The first kappa shape index (κ1) is 15.0. The summed E-state index contributed by atoms with van der Waals surface area (Å²) < 4.78 is 37.9. The van der Waals surface area contributed by atoms with E-state index in [1.54, 1.807) is 0 Å². The third kappa shape index (κ3) is 4.03. The van der Waals surface area contributed by atoms with Crippen LogP contribution >= 0.6 is 11.6 Å². The second-order valence-electron chi connectivity index (χ2n) is 4.58. The molecule has 0 atom stereocenters. The van der Waals surface area contributed by atoms with Gasteiger partial charge >= 0.3 is 6.18 Å². The van der Waals surface area contributed by atoms with Crippen molar-refractivity contribution in [2.75, 3.05) is 12.0 Å². The topological polar surface area (TPSA) is 36.4 Å². The zero-order valence-corrected chi connectivity index (χ0v) is 11.5. The van der Waals surface area contributed by atoms with E-state index in [0.29, 0.717) is 0 Å². The smallest absolute Gasteiger partial charge is 0.298 e. The number of hydrogen-bond acceptors (Lipinski definition) is 3. The van der Waals surface area contributed by atoms with Crippen LogP contribution in [0.4, 0.5) is 18.9 Å². The first-order valence-electron chi connectivity index (χ1n) is 6.39. The quantitative estimate of drug-likeness (QED) is 0.802. The Balaban J connectivity index is 2.06. The zero-order chi connectivity index (χ0) is 14.6. The molecule has 0 spiro atoms. The maximum absolute atomic E-state index is 12.6. The number of alkyl halides is 3. The van der Waals surface area contributed by atoms with Crippen molar-refractivity contribution in [3.05, 3.63) is 28.8 Å². The Morgan fingerprint density at radius 3 is 2.65 bits per heavy atom. The van der Waals surface area contributed by atoms with E-state index >= 15 is 0 Å². The minimum atomic E-state index is -4.39. The van der Waals surface area contributed by atoms with Crippen LogP contribution in [0.15, 0.2) is 23.2 Å². The second kappa shape index (κ2) is 6.35. The van der Waals surface area contributed by atoms with Crippen LogP contribution in [-0.4, -0.2) is 12.4 Å². The molecule has 0 fully saturated rings. The standard InChI is InChI=1S/C13H15ClF3N3/c14-10-6-5-9(13(15,16)17)8-11(10)19-20-12-4-2-1-3-7-18-12/h5-6,8,19H,1-4,7H2,(H,18,20). The summed E-state index contributed by atoms with van der Waals surface area (Å²) in [6, 6.07) is 3.16. The number of nitrogens with one attached hydrogen (secondary N) is 2. The van der Waals surface area contributed by atoms with E-state index in [1.807, 2.05) is 0 Å². The van der Waals surface area contributed by atoms with Crippen molar-refractivity contribution in [3.63, 3.8) is 0 Å². The average Bonchev–Trinajstić information content (AvgIpc) is 2.65. The molecule has 2 N–H and O–H groups in total. The Morgan fingerprint density at radius 1 is 1.10 bits per heavy atom. The molecule has 1 aromatic rings. The lowest BCUT2D eigenvalue weighted by atomic mass is 10.2. The van der Waals surface area contributed by atoms with Gasteiger partial charge in [0.1, 0.15) is 5.84 Å². The van der Waals surface area contributed by atoms with Crippen molar-refractivity contribution in [1.82, 2.24) is 5.43 Å². The van der Waals surface area contributed by atoms with E-state index in [-0.39, 0.29) is 10.7 Å². The highest BCUT2D eigenvalue weighted by Gasteiger charge is 2.30. The summed E-state index contributed by atoms with van der Waals surface area (Å²) >= 11 is 5.89. The van der Waals surface area contributed by atoms with Gasteiger partial charge in [-0.1, -0.05) is 18.0 Å². The summed E-state index contributed by atoms with van der Waals surface area (Å²) in [5, 5.41) is 0.222. The van der Waals surface area contributed by atoms with Gasteiger partial charge in [-0.15, -0.1) is 0 Å². The number of rotatable bonds is 2. The molecule has 0 bridgehead atoms. The molecule has 0 aliphatic carbocycles. The zero-order valence-electron chi connectivity index (χ0n) is 10.7. The monoisotopic (exact) mass is 305 g/mol. The van der Waals surface area contributed by atoms with Crippen molar-refractivity contribution in [2.24, 2.45) is 4.99 Å². The van der Waals surface area contributed by atoms with Gasteiger partial charge in [-0.05, 0) is 31.0 Å². The summed E-state index contributed by atoms with van der Waals surface area (Å²) in [5.74, 6) is 0.746. The molecule has 1 heterocycles. The van der Waals surface area contributed by atoms with Gasteiger partial charge in [0, 0.05) is 13.0 Å². The van der Waals surface area contributed by atoms with Gasteiger partial charge in [0.15, 0.2) is 0 Å². The molecule has 0 amide bonds. The van der Waals surface area contributed by atoms with Crippen molar-refractivity contribution < 1.29 is 13.2 Å². The third-order valence-electron chi connectivity index (χ3n) is 3.01. The number of anilines is 1. The van der Waals surface area contributed by atoms with Crippen molar-refractivity contribution in [2.45, 2.75) is 31.9 Å².